The number of ether oxygens (including phenoxy) is 3. The van der Waals surface area contributed by atoms with Gasteiger partial charge in [0.2, 0.25) is 11.7 Å². The van der Waals surface area contributed by atoms with Gasteiger partial charge in [0, 0.05) is 35.6 Å². The van der Waals surface area contributed by atoms with E-state index in [0.29, 0.717) is 40.5 Å². The molecule has 2 heterocycles. The maximum Gasteiger partial charge on any atom is 0.229 e. The second-order valence-electron chi connectivity index (χ2n) is 6.35. The van der Waals surface area contributed by atoms with E-state index in [9.17, 15) is 0 Å². The van der Waals surface area contributed by atoms with E-state index in [1.165, 1.54) is 0 Å². The van der Waals surface area contributed by atoms with Gasteiger partial charge in [0.1, 0.15) is 11.6 Å². The number of methoxy groups -OCH3 is 3. The molecule has 8 nitrogen and oxygen atoms in total. The molecule has 0 fully saturated rings. The van der Waals surface area contributed by atoms with Crippen molar-refractivity contribution in [2.24, 2.45) is 0 Å². The van der Waals surface area contributed by atoms with Gasteiger partial charge in [-0.15, -0.1) is 0 Å². The van der Waals surface area contributed by atoms with Crippen LogP contribution in [-0.2, 0) is 0 Å². The Balaban J connectivity index is 1.57. The van der Waals surface area contributed by atoms with Crippen LogP contribution >= 0.6 is 0 Å². The minimum atomic E-state index is 0.412. The maximum absolute atomic E-state index is 5.39. The molecule has 152 valence electrons. The van der Waals surface area contributed by atoms with E-state index in [1.807, 2.05) is 36.5 Å². The van der Waals surface area contributed by atoms with Crippen molar-refractivity contribution in [2.75, 3.05) is 32.0 Å². The Morgan fingerprint density at radius 2 is 1.47 bits per heavy atom. The summed E-state index contributed by atoms with van der Waals surface area (Å²) in [4.78, 5) is 13.2. The standard InChI is InChI=1S/C22H21N5O3/c1-28-17-11-16(12-18(29-2)21(17)30-3)25-22-23-9-8-19(27-22)26-20-10-14-6-4-5-7-15(14)13-24-20/h4-13H,1-3H3,(H2,23,24,25,26,27). The highest BCUT2D eigenvalue weighted by atomic mass is 16.5. The fraction of sp³-hybridized carbons (Fsp3) is 0.136. The van der Waals surface area contributed by atoms with Crippen LogP contribution < -0.4 is 24.8 Å². The molecule has 0 aliphatic rings. The van der Waals surface area contributed by atoms with Crippen molar-refractivity contribution in [1.29, 1.82) is 0 Å². The molecule has 0 amide bonds. The molecule has 0 saturated carbocycles. The molecule has 0 radical (unpaired) electrons. The zero-order valence-electron chi connectivity index (χ0n) is 16.8. The summed E-state index contributed by atoms with van der Waals surface area (Å²) < 4.78 is 16.1. The van der Waals surface area contributed by atoms with Gasteiger partial charge in [0.15, 0.2) is 11.5 Å². The van der Waals surface area contributed by atoms with Gasteiger partial charge in [-0.1, -0.05) is 24.3 Å². The predicted molar refractivity (Wildman–Crippen MR) is 116 cm³/mol. The second-order valence-corrected chi connectivity index (χ2v) is 6.35. The third-order valence-corrected chi connectivity index (χ3v) is 4.46. The van der Waals surface area contributed by atoms with Crippen LogP contribution in [0.3, 0.4) is 0 Å². The van der Waals surface area contributed by atoms with E-state index in [-0.39, 0.29) is 0 Å². The average molecular weight is 403 g/mol. The first kappa shape index (κ1) is 19.3. The van der Waals surface area contributed by atoms with Crippen molar-refractivity contribution in [2.45, 2.75) is 0 Å². The van der Waals surface area contributed by atoms with Gasteiger partial charge >= 0.3 is 0 Å². The number of hydrogen-bond acceptors (Lipinski definition) is 8. The van der Waals surface area contributed by atoms with Crippen molar-refractivity contribution in [1.82, 2.24) is 15.0 Å². The molecule has 0 aliphatic heterocycles. The van der Waals surface area contributed by atoms with Crippen molar-refractivity contribution in [3.05, 3.63) is 60.9 Å². The summed E-state index contributed by atoms with van der Waals surface area (Å²) >= 11 is 0. The Morgan fingerprint density at radius 3 is 2.17 bits per heavy atom. The number of pyridine rings is 1. The van der Waals surface area contributed by atoms with Crippen LogP contribution in [0.5, 0.6) is 17.2 Å². The fourth-order valence-electron chi connectivity index (χ4n) is 3.05. The first-order chi connectivity index (χ1) is 14.7. The third-order valence-electron chi connectivity index (χ3n) is 4.46. The van der Waals surface area contributed by atoms with E-state index < -0.39 is 0 Å². The summed E-state index contributed by atoms with van der Waals surface area (Å²) in [7, 11) is 4.70. The van der Waals surface area contributed by atoms with Gasteiger partial charge in [-0.2, -0.15) is 4.98 Å². The van der Waals surface area contributed by atoms with Crippen molar-refractivity contribution < 1.29 is 14.2 Å². The van der Waals surface area contributed by atoms with Gasteiger partial charge in [-0.25, -0.2) is 9.97 Å². The van der Waals surface area contributed by atoms with Gasteiger partial charge in [0.25, 0.3) is 0 Å². The molecule has 0 bridgehead atoms. The van der Waals surface area contributed by atoms with E-state index in [2.05, 4.69) is 25.6 Å². The van der Waals surface area contributed by atoms with Crippen molar-refractivity contribution in [3.8, 4) is 17.2 Å². The first-order valence-electron chi connectivity index (χ1n) is 9.22. The lowest BCUT2D eigenvalue weighted by molar-refractivity contribution is 0.324. The third kappa shape index (κ3) is 4.02. The summed E-state index contributed by atoms with van der Waals surface area (Å²) in [6.45, 7) is 0. The Kier molecular flexibility index (Phi) is 5.47. The molecular weight excluding hydrogens is 382 g/mol. The molecule has 4 aromatic rings. The highest BCUT2D eigenvalue weighted by molar-refractivity contribution is 5.84. The average Bonchev–Trinajstić information content (AvgIpc) is 2.78. The number of benzene rings is 2. The minimum absolute atomic E-state index is 0.412. The Bertz CT molecular complexity index is 1160. The van der Waals surface area contributed by atoms with Crippen LogP contribution in [0.4, 0.5) is 23.3 Å². The highest BCUT2D eigenvalue weighted by Crippen LogP contribution is 2.40. The van der Waals surface area contributed by atoms with Crippen molar-refractivity contribution >= 4 is 34.0 Å². The van der Waals surface area contributed by atoms with Crippen molar-refractivity contribution in [3.63, 3.8) is 0 Å². The van der Waals surface area contributed by atoms with Gasteiger partial charge in [0.05, 0.1) is 21.3 Å². The SMILES string of the molecule is COc1cc(Nc2nccc(Nc3cc4ccccc4cn3)n2)cc(OC)c1OC. The summed E-state index contributed by atoms with van der Waals surface area (Å²) in [6.07, 6.45) is 3.49. The molecule has 30 heavy (non-hydrogen) atoms. The normalized spacial score (nSPS) is 10.5. The van der Waals surface area contributed by atoms with Crippen LogP contribution in [0.25, 0.3) is 10.8 Å². The maximum atomic E-state index is 5.39. The smallest absolute Gasteiger partial charge is 0.229 e. The highest BCUT2D eigenvalue weighted by Gasteiger charge is 2.14. The topological polar surface area (TPSA) is 90.4 Å². The number of hydrogen-bond donors (Lipinski definition) is 2. The number of anilines is 4. The summed E-state index contributed by atoms with van der Waals surface area (Å²) in [5.74, 6) is 3.32. The zero-order valence-corrected chi connectivity index (χ0v) is 16.8. The molecule has 0 atom stereocenters. The molecule has 0 saturated heterocycles. The molecule has 8 heteroatoms. The Hall–Kier alpha value is -4.07. The monoisotopic (exact) mass is 403 g/mol. The molecular formula is C22H21N5O3. The van der Waals surface area contributed by atoms with E-state index >= 15 is 0 Å². The largest absolute Gasteiger partial charge is 0.493 e. The summed E-state index contributed by atoms with van der Waals surface area (Å²) in [6, 6.07) is 15.4. The first-order valence-corrected chi connectivity index (χ1v) is 9.22. The second kappa shape index (κ2) is 8.52. The van der Waals surface area contributed by atoms with Gasteiger partial charge < -0.3 is 24.8 Å². The van der Waals surface area contributed by atoms with Gasteiger partial charge in [-0.05, 0) is 17.5 Å². The number of nitrogens with zero attached hydrogens (tertiary/aromatic N) is 3. The van der Waals surface area contributed by atoms with E-state index in [4.69, 9.17) is 14.2 Å². The number of nitrogens with one attached hydrogen (secondary N) is 2. The zero-order chi connectivity index (χ0) is 20.9. The fourth-order valence-corrected chi connectivity index (χ4v) is 3.05. The van der Waals surface area contributed by atoms with Crippen LogP contribution in [0.15, 0.2) is 60.9 Å². The van der Waals surface area contributed by atoms with Crippen LogP contribution in [0.2, 0.25) is 0 Å². The van der Waals surface area contributed by atoms with E-state index in [1.54, 1.807) is 45.7 Å². The molecule has 0 aliphatic carbocycles. The molecule has 2 aromatic heterocycles. The number of rotatable bonds is 7. The molecule has 0 spiro atoms. The number of fused-ring (bicyclic) bond motifs is 1. The quantitative estimate of drug-likeness (QED) is 0.465. The van der Waals surface area contributed by atoms with E-state index in [0.717, 1.165) is 10.8 Å². The lowest BCUT2D eigenvalue weighted by Gasteiger charge is -2.14. The molecule has 4 rings (SSSR count). The molecule has 2 N–H and O–H groups in total. The van der Waals surface area contributed by atoms with Crippen LogP contribution in [-0.4, -0.2) is 36.3 Å². The Morgan fingerprint density at radius 1 is 0.733 bits per heavy atom. The summed E-state index contributed by atoms with van der Waals surface area (Å²) in [5.41, 5.74) is 0.700. The Labute approximate surface area is 173 Å². The lowest BCUT2D eigenvalue weighted by Crippen LogP contribution is -2.02. The summed E-state index contributed by atoms with van der Waals surface area (Å²) in [5, 5.41) is 8.55. The minimum Gasteiger partial charge on any atom is -0.493 e. The van der Waals surface area contributed by atoms with Gasteiger partial charge in [-0.3, -0.25) is 0 Å². The number of aromatic nitrogens is 3. The van der Waals surface area contributed by atoms with Crippen LogP contribution in [0.1, 0.15) is 0 Å². The molecule has 0 unspecified atom stereocenters. The molecule has 2 aromatic carbocycles. The van der Waals surface area contributed by atoms with Crippen LogP contribution in [0, 0.1) is 0 Å². The predicted octanol–water partition coefficient (Wildman–Crippen LogP) is 4.54. The lowest BCUT2D eigenvalue weighted by atomic mass is 10.2.